The van der Waals surface area contributed by atoms with Gasteiger partial charge in [-0.2, -0.15) is 0 Å². The number of carbonyl (C=O) groups is 5. The van der Waals surface area contributed by atoms with Gasteiger partial charge in [-0.15, -0.1) is 0 Å². The minimum absolute atomic E-state index is 0.0673. The fourth-order valence-corrected chi connectivity index (χ4v) is 3.99. The normalized spacial score (nSPS) is 22.7. The molecule has 2 aliphatic heterocycles. The summed E-state index contributed by atoms with van der Waals surface area (Å²) in [6.45, 7) is 4.52. The molecule has 4 atom stereocenters. The SMILES string of the molecule is CC(C)C(NC(=O)C(CCC(N)=O)NC(=O)C1CCCN1C(=O)C1CCCN1)C(=O)O. The van der Waals surface area contributed by atoms with Gasteiger partial charge in [-0.3, -0.25) is 19.2 Å². The highest BCUT2D eigenvalue weighted by molar-refractivity contribution is 5.94. The van der Waals surface area contributed by atoms with Crippen LogP contribution in [0.2, 0.25) is 0 Å². The lowest BCUT2D eigenvalue weighted by atomic mass is 10.0. The van der Waals surface area contributed by atoms with E-state index in [1.54, 1.807) is 13.8 Å². The Kier molecular flexibility index (Phi) is 8.78. The molecule has 0 bridgehead atoms. The molecule has 31 heavy (non-hydrogen) atoms. The molecule has 0 aromatic carbocycles. The Bertz CT molecular complexity index is 706. The van der Waals surface area contributed by atoms with Gasteiger partial charge in [-0.25, -0.2) is 4.79 Å². The van der Waals surface area contributed by atoms with Crippen LogP contribution in [0.5, 0.6) is 0 Å². The first-order valence-corrected chi connectivity index (χ1v) is 10.8. The molecule has 0 saturated carbocycles. The number of nitrogens with two attached hydrogens (primary N) is 1. The number of carbonyl (C=O) groups excluding carboxylic acids is 4. The first-order valence-electron chi connectivity index (χ1n) is 10.8. The number of primary amides is 1. The minimum Gasteiger partial charge on any atom is -0.480 e. The molecule has 2 aliphatic rings. The van der Waals surface area contributed by atoms with Crippen LogP contribution in [0.4, 0.5) is 0 Å². The predicted molar refractivity (Wildman–Crippen MR) is 111 cm³/mol. The lowest BCUT2D eigenvalue weighted by molar-refractivity contribution is -0.144. The topological polar surface area (TPSA) is 171 Å². The summed E-state index contributed by atoms with van der Waals surface area (Å²) in [5.74, 6) is -3.54. The predicted octanol–water partition coefficient (Wildman–Crippen LogP) is -1.29. The van der Waals surface area contributed by atoms with Gasteiger partial charge in [0.15, 0.2) is 0 Å². The maximum absolute atomic E-state index is 13.0. The van der Waals surface area contributed by atoms with E-state index in [0.29, 0.717) is 19.4 Å². The van der Waals surface area contributed by atoms with E-state index in [1.165, 1.54) is 4.90 Å². The van der Waals surface area contributed by atoms with E-state index in [4.69, 9.17) is 5.73 Å². The Labute approximate surface area is 181 Å². The average molecular weight is 440 g/mol. The van der Waals surface area contributed by atoms with Crippen LogP contribution in [0.25, 0.3) is 0 Å². The molecule has 11 nitrogen and oxygen atoms in total. The molecule has 6 N–H and O–H groups in total. The zero-order valence-electron chi connectivity index (χ0n) is 18.1. The van der Waals surface area contributed by atoms with E-state index in [9.17, 15) is 29.1 Å². The summed E-state index contributed by atoms with van der Waals surface area (Å²) >= 11 is 0. The Morgan fingerprint density at radius 2 is 1.84 bits per heavy atom. The zero-order valence-corrected chi connectivity index (χ0v) is 18.1. The molecule has 174 valence electrons. The Hall–Kier alpha value is -2.69. The number of likely N-dealkylation sites (tertiary alicyclic amines) is 1. The summed E-state index contributed by atoms with van der Waals surface area (Å²) in [7, 11) is 0. The van der Waals surface area contributed by atoms with E-state index < -0.39 is 41.8 Å². The molecule has 2 saturated heterocycles. The van der Waals surface area contributed by atoms with Gasteiger partial charge in [0, 0.05) is 13.0 Å². The smallest absolute Gasteiger partial charge is 0.326 e. The second-order valence-electron chi connectivity index (χ2n) is 8.47. The number of carboxylic acids is 1. The Balaban J connectivity index is 2.08. The lowest BCUT2D eigenvalue weighted by Crippen LogP contribution is -2.57. The van der Waals surface area contributed by atoms with Crippen LogP contribution in [0.3, 0.4) is 0 Å². The molecule has 4 unspecified atom stereocenters. The first-order chi connectivity index (χ1) is 14.6. The largest absolute Gasteiger partial charge is 0.480 e. The molecular formula is C20H33N5O6. The number of carboxylic acid groups (broad SMARTS) is 1. The number of hydrogen-bond acceptors (Lipinski definition) is 6. The first kappa shape index (κ1) is 24.6. The maximum atomic E-state index is 13.0. The van der Waals surface area contributed by atoms with Gasteiger partial charge in [-0.05, 0) is 44.6 Å². The van der Waals surface area contributed by atoms with Crippen LogP contribution in [-0.2, 0) is 24.0 Å². The number of aliphatic carboxylic acids is 1. The van der Waals surface area contributed by atoms with Crippen molar-refractivity contribution in [1.82, 2.24) is 20.9 Å². The highest BCUT2D eigenvalue weighted by atomic mass is 16.4. The third-order valence-corrected chi connectivity index (χ3v) is 5.74. The Morgan fingerprint density at radius 1 is 1.13 bits per heavy atom. The number of nitrogens with one attached hydrogen (secondary N) is 3. The summed E-state index contributed by atoms with van der Waals surface area (Å²) in [5, 5.41) is 17.5. The Morgan fingerprint density at radius 3 is 2.39 bits per heavy atom. The monoisotopic (exact) mass is 439 g/mol. The molecule has 0 aromatic heterocycles. The van der Waals surface area contributed by atoms with Crippen molar-refractivity contribution in [2.24, 2.45) is 11.7 Å². The fourth-order valence-electron chi connectivity index (χ4n) is 3.99. The number of hydrogen-bond donors (Lipinski definition) is 5. The van der Waals surface area contributed by atoms with Crippen molar-refractivity contribution >= 4 is 29.6 Å². The van der Waals surface area contributed by atoms with Crippen molar-refractivity contribution < 1.29 is 29.1 Å². The van der Waals surface area contributed by atoms with E-state index in [0.717, 1.165) is 19.4 Å². The van der Waals surface area contributed by atoms with Gasteiger partial charge in [0.2, 0.25) is 23.6 Å². The van der Waals surface area contributed by atoms with Crippen molar-refractivity contribution in [3.63, 3.8) is 0 Å². The van der Waals surface area contributed by atoms with Crippen molar-refractivity contribution in [3.8, 4) is 0 Å². The van der Waals surface area contributed by atoms with Gasteiger partial charge in [0.25, 0.3) is 0 Å². The molecule has 11 heteroatoms. The second kappa shape index (κ2) is 11.1. The molecule has 2 rings (SSSR count). The summed E-state index contributed by atoms with van der Waals surface area (Å²) in [6, 6.07) is -3.29. The van der Waals surface area contributed by atoms with Crippen molar-refractivity contribution in [2.75, 3.05) is 13.1 Å². The molecule has 0 aliphatic carbocycles. The van der Waals surface area contributed by atoms with Gasteiger partial charge in [-0.1, -0.05) is 13.8 Å². The number of nitrogens with zero attached hydrogens (tertiary/aromatic N) is 1. The second-order valence-corrected chi connectivity index (χ2v) is 8.47. The zero-order chi connectivity index (χ0) is 23.1. The summed E-state index contributed by atoms with van der Waals surface area (Å²) < 4.78 is 0. The third-order valence-electron chi connectivity index (χ3n) is 5.74. The minimum atomic E-state index is -1.19. The van der Waals surface area contributed by atoms with Gasteiger partial charge >= 0.3 is 5.97 Å². The highest BCUT2D eigenvalue weighted by Crippen LogP contribution is 2.21. The van der Waals surface area contributed by atoms with Crippen LogP contribution in [-0.4, -0.2) is 76.9 Å². The molecule has 2 heterocycles. The van der Waals surface area contributed by atoms with Gasteiger partial charge < -0.3 is 31.7 Å². The molecule has 0 spiro atoms. The number of amides is 4. The van der Waals surface area contributed by atoms with Gasteiger partial charge in [0.1, 0.15) is 18.1 Å². The standard InChI is InChI=1S/C20H33N5O6/c1-11(2)16(20(30)31)24-17(27)12(7-8-15(21)26)23-18(28)14-6-4-10-25(14)19(29)13-5-3-9-22-13/h11-14,16,22H,3-10H2,1-2H3,(H2,21,26)(H,23,28)(H,24,27)(H,30,31). The fraction of sp³-hybridized carbons (Fsp3) is 0.750. The van der Waals surface area contributed by atoms with Crippen molar-refractivity contribution in [2.45, 2.75) is 76.5 Å². The van der Waals surface area contributed by atoms with Crippen molar-refractivity contribution in [3.05, 3.63) is 0 Å². The number of rotatable bonds is 10. The molecular weight excluding hydrogens is 406 g/mol. The summed E-state index contributed by atoms with van der Waals surface area (Å²) in [5.41, 5.74) is 5.19. The molecule has 2 fully saturated rings. The van der Waals surface area contributed by atoms with Crippen molar-refractivity contribution in [1.29, 1.82) is 0 Å². The van der Waals surface area contributed by atoms with Crippen LogP contribution >= 0.6 is 0 Å². The van der Waals surface area contributed by atoms with E-state index in [2.05, 4.69) is 16.0 Å². The van der Waals surface area contributed by atoms with Crippen LogP contribution in [0, 0.1) is 5.92 Å². The highest BCUT2D eigenvalue weighted by Gasteiger charge is 2.39. The molecule has 0 aromatic rings. The summed E-state index contributed by atoms with van der Waals surface area (Å²) in [6.07, 6.45) is 2.54. The maximum Gasteiger partial charge on any atom is 0.326 e. The van der Waals surface area contributed by atoms with E-state index in [1.807, 2.05) is 0 Å². The van der Waals surface area contributed by atoms with Gasteiger partial charge in [0.05, 0.1) is 6.04 Å². The lowest BCUT2D eigenvalue weighted by Gasteiger charge is -2.29. The van der Waals surface area contributed by atoms with E-state index >= 15 is 0 Å². The molecule has 0 radical (unpaired) electrons. The van der Waals surface area contributed by atoms with Crippen LogP contribution in [0.15, 0.2) is 0 Å². The summed E-state index contributed by atoms with van der Waals surface area (Å²) in [4.78, 5) is 62.6. The van der Waals surface area contributed by atoms with Crippen LogP contribution < -0.4 is 21.7 Å². The third kappa shape index (κ3) is 6.65. The average Bonchev–Trinajstić information content (AvgIpc) is 3.39. The van der Waals surface area contributed by atoms with E-state index in [-0.39, 0.29) is 30.7 Å². The molecule has 4 amide bonds. The van der Waals surface area contributed by atoms with Crippen LogP contribution in [0.1, 0.15) is 52.4 Å². The quantitative estimate of drug-likeness (QED) is 0.282.